The highest BCUT2D eigenvalue weighted by Crippen LogP contribution is 2.45. The summed E-state index contributed by atoms with van der Waals surface area (Å²) in [6, 6.07) is 11.9. The maximum atomic E-state index is 9.55. The van der Waals surface area contributed by atoms with Gasteiger partial charge in [-0.2, -0.15) is 10.4 Å². The standard InChI is InChI=1S/C22H19ClN8/c1-12-17(23)22-29-19(13-5-3-2-4-6-13)16(10-31(22)30-12)18(14-7-8-14)28-21-15(9-24)20(25)26-11-27-21/h2-6,10-11,14,18H,7-8H2,1H3,(H3,25,26,27,28)/t18-/m0/s1. The third-order valence-corrected chi connectivity index (χ3v) is 5.94. The van der Waals surface area contributed by atoms with Crippen LogP contribution in [0.15, 0.2) is 42.9 Å². The number of benzene rings is 1. The summed E-state index contributed by atoms with van der Waals surface area (Å²) in [5.41, 5.74) is 10.2. The highest BCUT2D eigenvalue weighted by Gasteiger charge is 2.36. The lowest BCUT2D eigenvalue weighted by atomic mass is 9.97. The zero-order chi connectivity index (χ0) is 21.5. The summed E-state index contributed by atoms with van der Waals surface area (Å²) in [5, 5.41) is 18.1. The second kappa shape index (κ2) is 7.52. The first-order valence-corrected chi connectivity index (χ1v) is 10.3. The molecule has 0 saturated heterocycles. The molecule has 4 aromatic rings. The molecular formula is C22H19ClN8. The smallest absolute Gasteiger partial charge is 0.174 e. The number of hydrogen-bond donors (Lipinski definition) is 2. The van der Waals surface area contributed by atoms with Crippen LogP contribution in [0.5, 0.6) is 0 Å². The second-order valence-electron chi connectivity index (χ2n) is 7.63. The largest absolute Gasteiger partial charge is 0.382 e. The van der Waals surface area contributed by atoms with Crippen molar-refractivity contribution in [3.8, 4) is 17.3 Å². The number of nitriles is 1. The Hall–Kier alpha value is -3.70. The van der Waals surface area contributed by atoms with Gasteiger partial charge in [-0.05, 0) is 25.7 Å². The molecule has 154 valence electrons. The van der Waals surface area contributed by atoms with E-state index < -0.39 is 0 Å². The number of nitrogens with two attached hydrogens (primary N) is 1. The van der Waals surface area contributed by atoms with E-state index in [1.165, 1.54) is 6.33 Å². The number of nitrogens with zero attached hydrogens (tertiary/aromatic N) is 6. The highest BCUT2D eigenvalue weighted by atomic mass is 35.5. The van der Waals surface area contributed by atoms with E-state index in [0.29, 0.717) is 22.4 Å². The van der Waals surface area contributed by atoms with E-state index in [-0.39, 0.29) is 17.4 Å². The van der Waals surface area contributed by atoms with Crippen LogP contribution < -0.4 is 11.1 Å². The van der Waals surface area contributed by atoms with Crippen LogP contribution in [0.4, 0.5) is 11.6 Å². The van der Waals surface area contributed by atoms with Gasteiger partial charge in [0.25, 0.3) is 0 Å². The molecule has 1 aliphatic rings. The fraction of sp³-hybridized carbons (Fsp3) is 0.227. The van der Waals surface area contributed by atoms with Gasteiger partial charge >= 0.3 is 0 Å². The van der Waals surface area contributed by atoms with Gasteiger partial charge in [0.2, 0.25) is 0 Å². The number of anilines is 2. The van der Waals surface area contributed by atoms with Crippen LogP contribution in [0, 0.1) is 24.2 Å². The first-order chi connectivity index (χ1) is 15.1. The lowest BCUT2D eigenvalue weighted by Gasteiger charge is -2.22. The van der Waals surface area contributed by atoms with Crippen LogP contribution in [0.25, 0.3) is 16.9 Å². The van der Waals surface area contributed by atoms with Gasteiger partial charge in [0.05, 0.1) is 17.4 Å². The summed E-state index contributed by atoms with van der Waals surface area (Å²) in [4.78, 5) is 13.1. The van der Waals surface area contributed by atoms with Crippen molar-refractivity contribution >= 4 is 28.9 Å². The Morgan fingerprint density at radius 3 is 2.74 bits per heavy atom. The third-order valence-electron chi connectivity index (χ3n) is 5.50. The molecule has 3 aromatic heterocycles. The van der Waals surface area contributed by atoms with E-state index >= 15 is 0 Å². The van der Waals surface area contributed by atoms with Gasteiger partial charge in [-0.3, -0.25) is 0 Å². The summed E-state index contributed by atoms with van der Waals surface area (Å²) >= 11 is 6.47. The lowest BCUT2D eigenvalue weighted by Crippen LogP contribution is -2.18. The normalized spacial score (nSPS) is 14.4. The maximum Gasteiger partial charge on any atom is 0.174 e. The first-order valence-electron chi connectivity index (χ1n) is 9.94. The fourth-order valence-corrected chi connectivity index (χ4v) is 3.94. The number of rotatable bonds is 5. The Morgan fingerprint density at radius 2 is 2.03 bits per heavy atom. The molecular weight excluding hydrogens is 412 g/mol. The van der Waals surface area contributed by atoms with Crippen LogP contribution in [-0.2, 0) is 0 Å². The van der Waals surface area contributed by atoms with E-state index in [1.807, 2.05) is 43.5 Å². The number of nitrogens with one attached hydrogen (secondary N) is 1. The van der Waals surface area contributed by atoms with Crippen molar-refractivity contribution in [2.24, 2.45) is 5.92 Å². The summed E-state index contributed by atoms with van der Waals surface area (Å²) in [7, 11) is 0. The van der Waals surface area contributed by atoms with E-state index in [4.69, 9.17) is 22.3 Å². The van der Waals surface area contributed by atoms with Crippen molar-refractivity contribution in [2.45, 2.75) is 25.8 Å². The van der Waals surface area contributed by atoms with Crippen molar-refractivity contribution in [1.29, 1.82) is 5.26 Å². The van der Waals surface area contributed by atoms with Crippen LogP contribution in [0.2, 0.25) is 5.02 Å². The van der Waals surface area contributed by atoms with Gasteiger partial charge in [-0.1, -0.05) is 41.9 Å². The van der Waals surface area contributed by atoms with E-state index in [1.54, 1.807) is 4.52 Å². The number of halogens is 1. The molecule has 5 rings (SSSR count). The van der Waals surface area contributed by atoms with Crippen LogP contribution in [0.3, 0.4) is 0 Å². The molecule has 31 heavy (non-hydrogen) atoms. The average Bonchev–Trinajstić information content (AvgIpc) is 3.58. The summed E-state index contributed by atoms with van der Waals surface area (Å²) in [6.07, 6.45) is 5.45. The quantitative estimate of drug-likeness (QED) is 0.487. The zero-order valence-corrected chi connectivity index (χ0v) is 17.5. The zero-order valence-electron chi connectivity index (χ0n) is 16.7. The van der Waals surface area contributed by atoms with Gasteiger partial charge in [0, 0.05) is 17.3 Å². The fourth-order valence-electron chi connectivity index (χ4n) is 3.77. The van der Waals surface area contributed by atoms with Crippen LogP contribution in [-0.4, -0.2) is 24.6 Å². The van der Waals surface area contributed by atoms with E-state index in [0.717, 1.165) is 35.4 Å². The Bertz CT molecular complexity index is 1320. The molecule has 0 unspecified atom stereocenters. The molecule has 9 heteroatoms. The number of nitrogen functional groups attached to an aromatic ring is 1. The molecule has 1 aliphatic carbocycles. The van der Waals surface area contributed by atoms with Gasteiger partial charge in [0.15, 0.2) is 5.65 Å². The molecule has 0 amide bonds. The van der Waals surface area contributed by atoms with Crippen molar-refractivity contribution in [2.75, 3.05) is 11.1 Å². The Kier molecular flexibility index (Phi) is 4.68. The summed E-state index contributed by atoms with van der Waals surface area (Å²) in [5.74, 6) is 0.943. The average molecular weight is 431 g/mol. The monoisotopic (exact) mass is 430 g/mol. The maximum absolute atomic E-state index is 9.55. The van der Waals surface area contributed by atoms with Crippen molar-refractivity contribution in [1.82, 2.24) is 24.6 Å². The predicted molar refractivity (Wildman–Crippen MR) is 118 cm³/mol. The second-order valence-corrected chi connectivity index (χ2v) is 8.01. The topological polar surface area (TPSA) is 118 Å². The van der Waals surface area contributed by atoms with Crippen molar-refractivity contribution in [3.63, 3.8) is 0 Å². The Balaban J connectivity index is 1.70. The number of hydrogen-bond acceptors (Lipinski definition) is 7. The molecule has 0 radical (unpaired) electrons. The van der Waals surface area contributed by atoms with Gasteiger partial charge in [-0.25, -0.2) is 19.5 Å². The molecule has 1 saturated carbocycles. The number of fused-ring (bicyclic) bond motifs is 1. The van der Waals surface area contributed by atoms with Crippen LogP contribution in [0.1, 0.15) is 35.7 Å². The summed E-state index contributed by atoms with van der Waals surface area (Å²) in [6.45, 7) is 1.86. The molecule has 3 heterocycles. The molecule has 1 atom stereocenters. The van der Waals surface area contributed by atoms with Crippen molar-refractivity contribution < 1.29 is 0 Å². The van der Waals surface area contributed by atoms with Gasteiger partial charge < -0.3 is 11.1 Å². The minimum absolute atomic E-state index is 0.128. The molecule has 0 aliphatic heterocycles. The Morgan fingerprint density at radius 1 is 1.26 bits per heavy atom. The molecule has 3 N–H and O–H groups in total. The van der Waals surface area contributed by atoms with Crippen molar-refractivity contribution in [3.05, 3.63) is 64.7 Å². The van der Waals surface area contributed by atoms with Gasteiger partial charge in [-0.15, -0.1) is 0 Å². The minimum Gasteiger partial charge on any atom is -0.382 e. The molecule has 1 fully saturated rings. The van der Waals surface area contributed by atoms with E-state index in [9.17, 15) is 5.26 Å². The molecule has 1 aromatic carbocycles. The molecule has 0 bridgehead atoms. The minimum atomic E-state index is -0.128. The number of aromatic nitrogens is 5. The number of aryl methyl sites for hydroxylation is 1. The lowest BCUT2D eigenvalue weighted by molar-refractivity contribution is 0.666. The Labute approximate surface area is 183 Å². The molecule has 8 nitrogen and oxygen atoms in total. The highest BCUT2D eigenvalue weighted by molar-refractivity contribution is 6.34. The summed E-state index contributed by atoms with van der Waals surface area (Å²) < 4.78 is 1.72. The van der Waals surface area contributed by atoms with Gasteiger partial charge in [0.1, 0.15) is 34.6 Å². The SMILES string of the molecule is Cc1nn2cc([C@@H](Nc3ncnc(N)c3C#N)C3CC3)c(-c3ccccc3)nc2c1Cl. The van der Waals surface area contributed by atoms with Crippen LogP contribution >= 0.6 is 11.6 Å². The predicted octanol–water partition coefficient (Wildman–Crippen LogP) is 4.17. The molecule has 0 spiro atoms. The van der Waals surface area contributed by atoms with E-state index in [2.05, 4.69) is 26.5 Å². The first kappa shape index (κ1) is 19.3. The third kappa shape index (κ3) is 3.43.